The molecule has 5 rings (SSSR count). The van der Waals surface area contributed by atoms with Gasteiger partial charge in [0.15, 0.2) is 0 Å². The fourth-order valence-corrected chi connectivity index (χ4v) is 6.06. The second-order valence-electron chi connectivity index (χ2n) is 13.7. The summed E-state index contributed by atoms with van der Waals surface area (Å²) in [5.74, 6) is -0.530. The van der Waals surface area contributed by atoms with Crippen molar-refractivity contribution < 1.29 is 29.3 Å². The average Bonchev–Trinajstić information content (AvgIpc) is 3.41. The topological polar surface area (TPSA) is 161 Å². The van der Waals surface area contributed by atoms with Crippen LogP contribution in [0.1, 0.15) is 54.6 Å². The summed E-state index contributed by atoms with van der Waals surface area (Å²) in [5.41, 5.74) is 4.22. The smallest absolute Gasteiger partial charge is 0.407 e. The van der Waals surface area contributed by atoms with Gasteiger partial charge in [-0.05, 0) is 67.1 Å². The van der Waals surface area contributed by atoms with Gasteiger partial charge in [-0.1, -0.05) is 97.1 Å². The van der Waals surface area contributed by atoms with Gasteiger partial charge in [-0.2, -0.15) is 0 Å². The number of urea groups is 1. The summed E-state index contributed by atoms with van der Waals surface area (Å²) in [6, 6.07) is 30.5. The molecule has 1 aliphatic carbocycles. The molecule has 0 saturated heterocycles. The molecule has 0 heterocycles. The average molecular weight is 694 g/mol. The molecule has 0 aliphatic heterocycles. The van der Waals surface area contributed by atoms with Crippen LogP contribution in [0.5, 0.6) is 0 Å². The zero-order valence-electron chi connectivity index (χ0n) is 29.1. The maximum atomic E-state index is 14.1. The van der Waals surface area contributed by atoms with Gasteiger partial charge in [0, 0.05) is 25.2 Å². The summed E-state index contributed by atoms with van der Waals surface area (Å²) in [6.45, 7) is 5.75. The van der Waals surface area contributed by atoms with Gasteiger partial charge in [0.05, 0.1) is 24.3 Å². The molecule has 7 N–H and O–H groups in total. The third kappa shape index (κ3) is 10.9. The lowest BCUT2D eigenvalue weighted by molar-refractivity contribution is -0.128. The van der Waals surface area contributed by atoms with Gasteiger partial charge in [0.25, 0.3) is 0 Å². The van der Waals surface area contributed by atoms with Crippen LogP contribution >= 0.6 is 0 Å². The van der Waals surface area contributed by atoms with E-state index in [2.05, 4.69) is 26.6 Å². The maximum absolute atomic E-state index is 14.1. The van der Waals surface area contributed by atoms with E-state index >= 15 is 0 Å². The summed E-state index contributed by atoms with van der Waals surface area (Å²) >= 11 is 0. The number of anilines is 1. The number of nitrogens with one attached hydrogen (secondary N) is 5. The molecule has 0 aromatic heterocycles. The molecule has 5 atom stereocenters. The van der Waals surface area contributed by atoms with Crippen molar-refractivity contribution in [1.82, 2.24) is 21.3 Å². The van der Waals surface area contributed by atoms with Gasteiger partial charge < -0.3 is 36.2 Å². The lowest BCUT2D eigenvalue weighted by Gasteiger charge is -2.32. The number of aliphatic hydroxyl groups excluding tert-OH is 2. The minimum absolute atomic E-state index is 0.200. The van der Waals surface area contributed by atoms with E-state index in [1.54, 1.807) is 32.9 Å². The van der Waals surface area contributed by atoms with E-state index in [9.17, 15) is 24.6 Å². The molecule has 0 saturated carbocycles. The highest BCUT2D eigenvalue weighted by Gasteiger charge is 2.38. The lowest BCUT2D eigenvalue weighted by Crippen LogP contribution is -2.60. The van der Waals surface area contributed by atoms with Crippen LogP contribution in [0.25, 0.3) is 0 Å². The first kappa shape index (κ1) is 37.0. The highest BCUT2D eigenvalue weighted by atomic mass is 16.6. The Morgan fingerprint density at radius 3 is 2.08 bits per heavy atom. The maximum Gasteiger partial charge on any atom is 0.407 e. The first-order chi connectivity index (χ1) is 24.4. The summed E-state index contributed by atoms with van der Waals surface area (Å²) < 4.78 is 5.52. The van der Waals surface area contributed by atoms with Crippen molar-refractivity contribution >= 4 is 23.7 Å². The van der Waals surface area contributed by atoms with Gasteiger partial charge in [0.2, 0.25) is 5.91 Å². The second kappa shape index (κ2) is 17.1. The number of hydrogen-bond acceptors (Lipinski definition) is 7. The van der Waals surface area contributed by atoms with Crippen molar-refractivity contribution in [2.24, 2.45) is 0 Å². The van der Waals surface area contributed by atoms with Gasteiger partial charge in [-0.15, -0.1) is 0 Å². The molecule has 1 aliphatic rings. The van der Waals surface area contributed by atoms with Crippen LogP contribution in [0.4, 0.5) is 15.3 Å². The molecular formula is C40H47N5O6. The molecule has 0 bridgehead atoms. The third-order valence-electron chi connectivity index (χ3n) is 8.57. The van der Waals surface area contributed by atoms with Gasteiger partial charge in [-0.3, -0.25) is 10.1 Å². The van der Waals surface area contributed by atoms with Crippen molar-refractivity contribution in [3.05, 3.63) is 137 Å². The Balaban J connectivity index is 1.31. The first-order valence-electron chi connectivity index (χ1n) is 17.1. The number of carbonyl (C=O) groups is 3. The highest BCUT2D eigenvalue weighted by Crippen LogP contribution is 2.31. The number of aliphatic hydroxyl groups is 2. The predicted octanol–water partition coefficient (Wildman–Crippen LogP) is 4.74. The number of fused-ring (bicyclic) bond motifs is 1. The van der Waals surface area contributed by atoms with Crippen LogP contribution in [0.2, 0.25) is 0 Å². The number of ether oxygens (including phenoxy) is 1. The molecule has 0 spiro atoms. The molecule has 4 aromatic carbocycles. The number of alkyl carbamates (subject to hydrolysis) is 1. The summed E-state index contributed by atoms with van der Waals surface area (Å²) in [5, 5.41) is 37.4. The molecule has 0 radical (unpaired) electrons. The Kier molecular flexibility index (Phi) is 12.4. The van der Waals surface area contributed by atoms with Crippen molar-refractivity contribution in [2.45, 2.75) is 82.6 Å². The van der Waals surface area contributed by atoms with Crippen molar-refractivity contribution in [3.8, 4) is 0 Å². The molecule has 11 nitrogen and oxygen atoms in total. The van der Waals surface area contributed by atoms with Crippen LogP contribution in [0, 0.1) is 0 Å². The Morgan fingerprint density at radius 2 is 1.41 bits per heavy atom. The van der Waals surface area contributed by atoms with E-state index in [4.69, 9.17) is 4.74 Å². The van der Waals surface area contributed by atoms with Gasteiger partial charge in [-0.25, -0.2) is 9.59 Å². The van der Waals surface area contributed by atoms with Gasteiger partial charge in [0.1, 0.15) is 11.6 Å². The lowest BCUT2D eigenvalue weighted by atomic mass is 9.95. The number of rotatable bonds is 13. The summed E-state index contributed by atoms with van der Waals surface area (Å²) in [4.78, 5) is 39.4. The fraction of sp³-hybridized carbons (Fsp3) is 0.325. The van der Waals surface area contributed by atoms with Crippen LogP contribution < -0.4 is 26.6 Å². The number of amides is 4. The molecular weight excluding hydrogens is 646 g/mol. The van der Waals surface area contributed by atoms with Crippen molar-refractivity contribution in [3.63, 3.8) is 0 Å². The monoisotopic (exact) mass is 693 g/mol. The van der Waals surface area contributed by atoms with Crippen LogP contribution in [0.15, 0.2) is 109 Å². The minimum atomic E-state index is -1.40. The Hall–Kier alpha value is -5.23. The second-order valence-corrected chi connectivity index (χ2v) is 13.7. The zero-order chi connectivity index (χ0) is 36.4. The molecule has 4 amide bonds. The third-order valence-corrected chi connectivity index (χ3v) is 8.57. The molecule has 0 fully saturated rings. The number of carbonyl (C=O) groups excluding carboxylic acids is 3. The molecule has 51 heavy (non-hydrogen) atoms. The normalized spacial score (nSPS) is 17.0. The van der Waals surface area contributed by atoms with Crippen molar-refractivity contribution in [2.75, 3.05) is 5.32 Å². The summed E-state index contributed by atoms with van der Waals surface area (Å²) in [6.07, 6.45) is -2.34. The fourth-order valence-electron chi connectivity index (χ4n) is 6.06. The van der Waals surface area contributed by atoms with Crippen molar-refractivity contribution in [1.29, 1.82) is 0 Å². The largest absolute Gasteiger partial charge is 0.444 e. The number of benzene rings is 4. The standard InChI is InChI=1S/C40H47N5O6/c1-40(2,3)51-39(50)44-32(22-26-12-6-4-7-13-26)36(47)35(37(48)45-34-31-17-11-10-14-29(31)23-33(34)46)41-24-27-18-20-28(21-19-27)25-42-38(49)43-30-15-8-5-9-16-30/h4-21,32-36,41,46-47H,22-25H2,1-3H3,(H,44,50)(H,45,48)(H2,42,43,49)/t32-,33+,34?,35+,36+/m0/s1. The van der Waals surface area contributed by atoms with E-state index in [0.29, 0.717) is 18.7 Å². The Labute approximate surface area is 298 Å². The van der Waals surface area contributed by atoms with Crippen LogP contribution in [0.3, 0.4) is 0 Å². The van der Waals surface area contributed by atoms with E-state index < -0.39 is 47.9 Å². The van der Waals surface area contributed by atoms with Crippen LogP contribution in [-0.4, -0.2) is 58.1 Å². The highest BCUT2D eigenvalue weighted by molar-refractivity contribution is 5.89. The zero-order valence-corrected chi connectivity index (χ0v) is 29.1. The number of para-hydroxylation sites is 1. The molecule has 268 valence electrons. The van der Waals surface area contributed by atoms with E-state index in [1.807, 2.05) is 97.1 Å². The summed E-state index contributed by atoms with van der Waals surface area (Å²) in [7, 11) is 0. The molecule has 11 heteroatoms. The number of hydrogen-bond donors (Lipinski definition) is 7. The molecule has 4 aromatic rings. The molecule has 1 unspecified atom stereocenters. The predicted molar refractivity (Wildman–Crippen MR) is 196 cm³/mol. The van der Waals surface area contributed by atoms with Crippen LogP contribution in [-0.2, 0) is 35.5 Å². The van der Waals surface area contributed by atoms with E-state index in [0.717, 1.165) is 27.8 Å². The quantitative estimate of drug-likeness (QED) is 0.107. The minimum Gasteiger partial charge on any atom is -0.444 e. The van der Waals surface area contributed by atoms with Gasteiger partial charge >= 0.3 is 12.1 Å². The SMILES string of the molecule is CC(C)(C)OC(=O)N[C@@H](Cc1ccccc1)[C@@H](O)[C@@H](NCc1ccc(CNC(=O)Nc2ccccc2)cc1)C(=O)NC1c2ccccc2C[C@H]1O. The first-order valence-corrected chi connectivity index (χ1v) is 17.1. The Morgan fingerprint density at radius 1 is 0.804 bits per heavy atom. The van der Waals surface area contributed by atoms with E-state index in [-0.39, 0.29) is 19.0 Å². The Bertz CT molecular complexity index is 1750. The van der Waals surface area contributed by atoms with E-state index in [1.165, 1.54) is 0 Å².